The third-order valence-corrected chi connectivity index (χ3v) is 13.5. The number of unbranched alkanes of at least 4 members (excludes halogenated alkanes) is 36. The van der Waals surface area contributed by atoms with Gasteiger partial charge in [-0.15, -0.1) is 0 Å². The Bertz CT molecular complexity index is 1210. The second-order valence-corrected chi connectivity index (χ2v) is 20.3. The summed E-state index contributed by atoms with van der Waals surface area (Å²) in [5.41, 5.74) is 0. The fraction of sp³-hybridized carbons (Fsp3) is 0.810. The average Bonchev–Trinajstić information content (AvgIpc) is 3.35. The van der Waals surface area contributed by atoms with Gasteiger partial charge < -0.3 is 20.3 Å². The summed E-state index contributed by atoms with van der Waals surface area (Å²) in [7, 11) is 0. The molecule has 0 saturated heterocycles. The third kappa shape index (κ3) is 54.7. The van der Waals surface area contributed by atoms with E-state index >= 15 is 0 Å². The summed E-state index contributed by atoms with van der Waals surface area (Å²) in [6.45, 7) is 4.82. The molecular formula is C63H115NO5. The molecule has 2 unspecified atom stereocenters. The zero-order chi connectivity index (χ0) is 50.0. The number of hydrogen-bond donors (Lipinski definition) is 3. The molecule has 0 bridgehead atoms. The summed E-state index contributed by atoms with van der Waals surface area (Å²) in [5.74, 6) is -0.170. The van der Waals surface area contributed by atoms with Crippen molar-refractivity contribution in [2.45, 2.75) is 315 Å². The normalized spacial score (nSPS) is 13.0. The largest absolute Gasteiger partial charge is 0.466 e. The highest BCUT2D eigenvalue weighted by molar-refractivity contribution is 5.76. The minimum Gasteiger partial charge on any atom is -0.466 e. The van der Waals surface area contributed by atoms with Crippen molar-refractivity contribution in [3.05, 3.63) is 60.8 Å². The van der Waals surface area contributed by atoms with Gasteiger partial charge in [-0.2, -0.15) is 0 Å². The lowest BCUT2D eigenvalue weighted by molar-refractivity contribution is -0.143. The molecule has 0 radical (unpaired) electrons. The van der Waals surface area contributed by atoms with E-state index in [4.69, 9.17) is 4.74 Å². The van der Waals surface area contributed by atoms with Gasteiger partial charge in [-0.25, -0.2) is 0 Å². The van der Waals surface area contributed by atoms with E-state index in [9.17, 15) is 19.8 Å². The molecule has 1 amide bonds. The second kappa shape index (κ2) is 58.1. The van der Waals surface area contributed by atoms with Crippen LogP contribution in [0.3, 0.4) is 0 Å². The monoisotopic (exact) mass is 966 g/mol. The van der Waals surface area contributed by atoms with Crippen molar-refractivity contribution < 1.29 is 24.5 Å². The van der Waals surface area contributed by atoms with Gasteiger partial charge in [0.05, 0.1) is 25.4 Å². The Morgan fingerprint density at radius 3 is 1.16 bits per heavy atom. The van der Waals surface area contributed by atoms with Crippen LogP contribution in [-0.4, -0.2) is 47.4 Å². The zero-order valence-corrected chi connectivity index (χ0v) is 45.8. The van der Waals surface area contributed by atoms with E-state index in [-0.39, 0.29) is 18.5 Å². The van der Waals surface area contributed by atoms with Crippen LogP contribution in [0, 0.1) is 0 Å². The summed E-state index contributed by atoms with van der Waals surface area (Å²) < 4.78 is 5.47. The molecule has 0 spiro atoms. The lowest BCUT2D eigenvalue weighted by Crippen LogP contribution is -2.45. The van der Waals surface area contributed by atoms with E-state index in [2.05, 4.69) is 61.7 Å². The number of carbonyl (C=O) groups is 2. The molecule has 0 aliphatic carbocycles. The van der Waals surface area contributed by atoms with Crippen molar-refractivity contribution in [3.63, 3.8) is 0 Å². The molecule has 0 aliphatic heterocycles. The van der Waals surface area contributed by atoms with Crippen LogP contribution >= 0.6 is 0 Å². The maximum absolute atomic E-state index is 12.4. The molecule has 402 valence electrons. The van der Waals surface area contributed by atoms with Gasteiger partial charge in [-0.3, -0.25) is 9.59 Å². The van der Waals surface area contributed by atoms with Crippen LogP contribution in [0.15, 0.2) is 60.8 Å². The van der Waals surface area contributed by atoms with Gasteiger partial charge >= 0.3 is 5.97 Å². The van der Waals surface area contributed by atoms with Crippen molar-refractivity contribution in [1.29, 1.82) is 0 Å². The first kappa shape index (κ1) is 66.6. The minimum atomic E-state index is -0.882. The van der Waals surface area contributed by atoms with E-state index in [1.807, 2.05) is 12.2 Å². The fourth-order valence-corrected chi connectivity index (χ4v) is 8.89. The fourth-order valence-electron chi connectivity index (χ4n) is 8.89. The van der Waals surface area contributed by atoms with Crippen molar-refractivity contribution >= 4 is 11.9 Å². The highest BCUT2D eigenvalue weighted by Gasteiger charge is 2.17. The smallest absolute Gasteiger partial charge is 0.305 e. The predicted molar refractivity (Wildman–Crippen MR) is 301 cm³/mol. The predicted octanol–water partition coefficient (Wildman–Crippen LogP) is 18.7. The SMILES string of the molecule is CCCCC/C=C\C/C=C\CCCCCCCCCCCC(=O)OCCCCCCCC/C=C\C/C=C\CCC(=O)NC(CO)C(O)/C=C/CCCCCCCCCCCCCCCCCCCC. The molecule has 0 fully saturated rings. The summed E-state index contributed by atoms with van der Waals surface area (Å²) in [6, 6.07) is -0.674. The number of esters is 1. The summed E-state index contributed by atoms with van der Waals surface area (Å²) in [5, 5.41) is 23.1. The molecule has 69 heavy (non-hydrogen) atoms. The number of aliphatic hydroxyl groups excluding tert-OH is 2. The highest BCUT2D eigenvalue weighted by atomic mass is 16.5. The lowest BCUT2D eigenvalue weighted by atomic mass is 10.0. The maximum Gasteiger partial charge on any atom is 0.305 e. The van der Waals surface area contributed by atoms with E-state index in [0.29, 0.717) is 25.9 Å². The van der Waals surface area contributed by atoms with Gasteiger partial charge in [0.25, 0.3) is 0 Å². The molecular weight excluding hydrogens is 851 g/mol. The molecule has 2 atom stereocenters. The van der Waals surface area contributed by atoms with Crippen LogP contribution in [0.25, 0.3) is 0 Å². The number of nitrogens with one attached hydrogen (secondary N) is 1. The Morgan fingerprint density at radius 1 is 0.406 bits per heavy atom. The van der Waals surface area contributed by atoms with Gasteiger partial charge in [-0.05, 0) is 83.5 Å². The molecule has 0 aliphatic rings. The van der Waals surface area contributed by atoms with Gasteiger partial charge in [0.2, 0.25) is 5.91 Å². The molecule has 0 saturated carbocycles. The number of hydrogen-bond acceptors (Lipinski definition) is 5. The Hall–Kier alpha value is -2.44. The highest BCUT2D eigenvalue weighted by Crippen LogP contribution is 2.16. The van der Waals surface area contributed by atoms with Crippen LogP contribution in [0.5, 0.6) is 0 Å². The van der Waals surface area contributed by atoms with Crippen molar-refractivity contribution in [2.75, 3.05) is 13.2 Å². The van der Waals surface area contributed by atoms with Crippen molar-refractivity contribution in [1.82, 2.24) is 5.32 Å². The maximum atomic E-state index is 12.4. The Labute approximate surface area is 428 Å². The van der Waals surface area contributed by atoms with Crippen LogP contribution < -0.4 is 5.32 Å². The second-order valence-electron chi connectivity index (χ2n) is 20.3. The number of rotatable bonds is 55. The summed E-state index contributed by atoms with van der Waals surface area (Å²) in [6.07, 6.45) is 75.4. The summed E-state index contributed by atoms with van der Waals surface area (Å²) in [4.78, 5) is 24.5. The first-order chi connectivity index (χ1) is 34.0. The topological polar surface area (TPSA) is 95.9 Å². The molecule has 3 N–H and O–H groups in total. The first-order valence-electron chi connectivity index (χ1n) is 30.1. The van der Waals surface area contributed by atoms with Crippen LogP contribution in [0.4, 0.5) is 0 Å². The van der Waals surface area contributed by atoms with Crippen LogP contribution in [0.1, 0.15) is 303 Å². The third-order valence-electron chi connectivity index (χ3n) is 13.5. The van der Waals surface area contributed by atoms with Crippen LogP contribution in [0.2, 0.25) is 0 Å². The molecule has 0 rings (SSSR count). The summed E-state index contributed by atoms with van der Waals surface area (Å²) >= 11 is 0. The molecule has 6 heteroatoms. The number of ether oxygens (including phenoxy) is 1. The quantitative estimate of drug-likeness (QED) is 0.0321. The molecule has 6 nitrogen and oxygen atoms in total. The van der Waals surface area contributed by atoms with E-state index in [0.717, 1.165) is 57.8 Å². The standard InChI is InChI=1S/C63H115NO5/c1-3-5-7-9-11-13-15-17-19-21-23-25-26-28-31-35-39-43-47-51-55-61(66)60(59-65)64-62(67)56-52-48-44-40-36-32-30-34-38-42-46-50-54-58-69-63(68)57-53-49-45-41-37-33-29-27-24-22-20-18-16-14-12-10-8-6-4-2/h12,14,18,20,32,36,44,48,51,55,60-61,65-66H,3-11,13,15-17,19,21-31,33-35,37-43,45-47,49-50,52-54,56-59H2,1-2H3,(H,64,67)/b14-12-,20-18-,36-32-,48-44-,55-51+. The van der Waals surface area contributed by atoms with Gasteiger partial charge in [-0.1, -0.05) is 267 Å². The molecule has 0 aromatic carbocycles. The van der Waals surface area contributed by atoms with Crippen LogP contribution in [-0.2, 0) is 14.3 Å². The molecule has 0 aromatic rings. The lowest BCUT2D eigenvalue weighted by Gasteiger charge is -2.19. The number of aliphatic hydroxyl groups is 2. The Balaban J connectivity index is 3.56. The van der Waals surface area contributed by atoms with E-state index < -0.39 is 12.1 Å². The minimum absolute atomic E-state index is 0.0226. The first-order valence-corrected chi connectivity index (χ1v) is 30.1. The van der Waals surface area contributed by atoms with Crippen molar-refractivity contribution in [3.8, 4) is 0 Å². The number of carbonyl (C=O) groups excluding carboxylic acids is 2. The van der Waals surface area contributed by atoms with E-state index in [1.165, 1.54) is 212 Å². The Kier molecular flexibility index (Phi) is 56.1. The van der Waals surface area contributed by atoms with Crippen molar-refractivity contribution in [2.24, 2.45) is 0 Å². The van der Waals surface area contributed by atoms with Gasteiger partial charge in [0.15, 0.2) is 0 Å². The van der Waals surface area contributed by atoms with Gasteiger partial charge in [0.1, 0.15) is 0 Å². The Morgan fingerprint density at radius 2 is 0.739 bits per heavy atom. The molecule has 0 heterocycles. The van der Waals surface area contributed by atoms with E-state index in [1.54, 1.807) is 6.08 Å². The number of allylic oxidation sites excluding steroid dienone is 9. The average molecular weight is 967 g/mol. The van der Waals surface area contributed by atoms with Gasteiger partial charge in [0, 0.05) is 12.8 Å². The number of amides is 1. The molecule has 0 aromatic heterocycles. The zero-order valence-electron chi connectivity index (χ0n) is 45.8.